The Balaban J connectivity index is 1.77. The van der Waals surface area contributed by atoms with Gasteiger partial charge in [0, 0.05) is 23.9 Å². The second-order valence-electron chi connectivity index (χ2n) is 7.64. The third-order valence-electron chi connectivity index (χ3n) is 5.16. The van der Waals surface area contributed by atoms with Gasteiger partial charge in [0.15, 0.2) is 0 Å². The minimum Gasteiger partial charge on any atom is -0.497 e. The van der Waals surface area contributed by atoms with Gasteiger partial charge in [0.05, 0.1) is 25.4 Å². The summed E-state index contributed by atoms with van der Waals surface area (Å²) in [4.78, 5) is 39.5. The van der Waals surface area contributed by atoms with Crippen molar-refractivity contribution in [2.75, 3.05) is 19.5 Å². The van der Waals surface area contributed by atoms with Crippen molar-refractivity contribution in [3.8, 4) is 17.2 Å². The van der Waals surface area contributed by atoms with Crippen LogP contribution in [0.2, 0.25) is 0 Å². The molecule has 1 N–H and O–H groups in total. The summed E-state index contributed by atoms with van der Waals surface area (Å²) in [7, 11) is 3.03. The zero-order valence-corrected chi connectivity index (χ0v) is 19.5. The van der Waals surface area contributed by atoms with Crippen LogP contribution in [-0.2, 0) is 11.3 Å². The quantitative estimate of drug-likeness (QED) is 0.471. The van der Waals surface area contributed by atoms with Crippen LogP contribution in [0.4, 0.5) is 5.69 Å². The van der Waals surface area contributed by atoms with Crippen molar-refractivity contribution in [2.45, 2.75) is 20.4 Å². The highest BCUT2D eigenvalue weighted by atomic mass is 32.1. The molecule has 8 nitrogen and oxygen atoms in total. The fraction of sp³-hybridized carbons (Fsp3) is 0.208. The number of nitrogens with one attached hydrogen (secondary N) is 1. The normalized spacial score (nSPS) is 10.9. The molecule has 9 heteroatoms. The molecule has 2 aromatic carbocycles. The van der Waals surface area contributed by atoms with Crippen LogP contribution in [0.3, 0.4) is 0 Å². The third kappa shape index (κ3) is 4.40. The van der Waals surface area contributed by atoms with Gasteiger partial charge in [-0.2, -0.15) is 0 Å². The Kier molecular flexibility index (Phi) is 6.06. The highest BCUT2D eigenvalue weighted by Gasteiger charge is 2.18. The Morgan fingerprint density at radius 2 is 1.61 bits per heavy atom. The summed E-state index contributed by atoms with van der Waals surface area (Å²) < 4.78 is 13.3. The number of thiophene rings is 1. The number of carbonyl (C=O) groups is 1. The van der Waals surface area contributed by atoms with Crippen molar-refractivity contribution < 1.29 is 14.3 Å². The Morgan fingerprint density at radius 1 is 0.970 bits per heavy atom. The van der Waals surface area contributed by atoms with E-state index in [1.807, 2.05) is 19.9 Å². The van der Waals surface area contributed by atoms with Gasteiger partial charge in [-0.05, 0) is 48.6 Å². The van der Waals surface area contributed by atoms with Crippen LogP contribution in [0.15, 0.2) is 57.4 Å². The molecule has 2 aromatic heterocycles. The highest BCUT2D eigenvalue weighted by Crippen LogP contribution is 2.26. The molecule has 4 rings (SSSR count). The average Bonchev–Trinajstić information content (AvgIpc) is 3.26. The van der Waals surface area contributed by atoms with Gasteiger partial charge in [-0.15, -0.1) is 11.3 Å². The van der Waals surface area contributed by atoms with Gasteiger partial charge in [-0.25, -0.2) is 9.36 Å². The predicted octanol–water partition coefficient (Wildman–Crippen LogP) is 3.49. The Morgan fingerprint density at radius 3 is 2.21 bits per heavy atom. The van der Waals surface area contributed by atoms with Crippen LogP contribution in [0, 0.1) is 13.8 Å². The lowest BCUT2D eigenvalue weighted by Crippen LogP contribution is -2.40. The van der Waals surface area contributed by atoms with E-state index in [0.717, 1.165) is 15.7 Å². The number of hydrogen-bond acceptors (Lipinski definition) is 6. The molecule has 0 aliphatic rings. The number of aryl methyl sites for hydroxylation is 2. The van der Waals surface area contributed by atoms with E-state index in [0.29, 0.717) is 33.1 Å². The number of nitrogens with zero attached hydrogens (tertiary/aromatic N) is 2. The number of fused-ring (bicyclic) bond motifs is 1. The van der Waals surface area contributed by atoms with Gasteiger partial charge in [0.2, 0.25) is 5.91 Å². The summed E-state index contributed by atoms with van der Waals surface area (Å²) in [6, 6.07) is 12.2. The number of benzene rings is 2. The van der Waals surface area contributed by atoms with Crippen molar-refractivity contribution in [2.24, 2.45) is 0 Å². The molecule has 0 fully saturated rings. The zero-order chi connectivity index (χ0) is 23.7. The van der Waals surface area contributed by atoms with Gasteiger partial charge < -0.3 is 14.8 Å². The molecule has 0 saturated carbocycles. The molecule has 0 saturated heterocycles. The SMILES string of the molecule is COc1cc(NC(=O)Cn2c(=O)n(-c3cc(C)cc(C)c3)c(=O)c3sccc32)cc(OC)c1. The second-order valence-corrected chi connectivity index (χ2v) is 8.56. The number of anilines is 1. The van der Waals surface area contributed by atoms with Crippen LogP contribution in [0.1, 0.15) is 11.1 Å². The van der Waals surface area contributed by atoms with Crippen LogP contribution in [0.5, 0.6) is 11.5 Å². The van der Waals surface area contributed by atoms with Crippen molar-refractivity contribution in [1.29, 1.82) is 0 Å². The van der Waals surface area contributed by atoms with Crippen molar-refractivity contribution >= 4 is 33.1 Å². The molecule has 0 radical (unpaired) electrons. The Labute approximate surface area is 193 Å². The summed E-state index contributed by atoms with van der Waals surface area (Å²) in [6.07, 6.45) is 0. The van der Waals surface area contributed by atoms with Crippen LogP contribution in [-0.4, -0.2) is 29.3 Å². The maximum atomic E-state index is 13.4. The number of rotatable bonds is 6. The Bertz CT molecular complexity index is 1440. The fourth-order valence-electron chi connectivity index (χ4n) is 3.77. The molecule has 2 heterocycles. The molecule has 4 aromatic rings. The van der Waals surface area contributed by atoms with Gasteiger partial charge in [-0.3, -0.25) is 14.2 Å². The first kappa shape index (κ1) is 22.3. The number of carbonyl (C=O) groups excluding carboxylic acids is 1. The average molecular weight is 466 g/mol. The molecule has 0 bridgehead atoms. The Hall–Kier alpha value is -3.85. The molecule has 1 amide bonds. The number of aromatic nitrogens is 2. The second kappa shape index (κ2) is 8.95. The maximum absolute atomic E-state index is 13.4. The van der Waals surface area contributed by atoms with Gasteiger partial charge in [0.1, 0.15) is 22.7 Å². The number of methoxy groups -OCH3 is 2. The first-order valence-electron chi connectivity index (χ1n) is 10.2. The predicted molar refractivity (Wildman–Crippen MR) is 129 cm³/mol. The lowest BCUT2D eigenvalue weighted by atomic mass is 10.1. The first-order valence-corrected chi connectivity index (χ1v) is 11.0. The number of amides is 1. The van der Waals surface area contributed by atoms with E-state index in [-0.39, 0.29) is 6.54 Å². The van der Waals surface area contributed by atoms with Crippen molar-refractivity contribution in [1.82, 2.24) is 9.13 Å². The van der Waals surface area contributed by atoms with E-state index in [1.165, 1.54) is 30.1 Å². The van der Waals surface area contributed by atoms with E-state index >= 15 is 0 Å². The smallest absolute Gasteiger partial charge is 0.336 e. The molecule has 170 valence electrons. The van der Waals surface area contributed by atoms with E-state index < -0.39 is 17.2 Å². The molecule has 0 aliphatic heterocycles. The monoisotopic (exact) mass is 465 g/mol. The van der Waals surface area contributed by atoms with E-state index in [4.69, 9.17) is 9.47 Å². The molecular formula is C24H23N3O5S. The molecule has 0 atom stereocenters. The lowest BCUT2D eigenvalue weighted by molar-refractivity contribution is -0.116. The zero-order valence-electron chi connectivity index (χ0n) is 18.7. The van der Waals surface area contributed by atoms with Crippen LogP contribution >= 0.6 is 11.3 Å². The lowest BCUT2D eigenvalue weighted by Gasteiger charge is -2.14. The fourth-order valence-corrected chi connectivity index (χ4v) is 4.60. The molecule has 0 unspecified atom stereocenters. The van der Waals surface area contributed by atoms with E-state index in [9.17, 15) is 14.4 Å². The maximum Gasteiger partial charge on any atom is 0.336 e. The van der Waals surface area contributed by atoms with Gasteiger partial charge in [-0.1, -0.05) is 6.07 Å². The van der Waals surface area contributed by atoms with Gasteiger partial charge >= 0.3 is 5.69 Å². The van der Waals surface area contributed by atoms with Crippen LogP contribution in [0.25, 0.3) is 15.9 Å². The van der Waals surface area contributed by atoms with E-state index in [2.05, 4.69) is 5.32 Å². The minimum atomic E-state index is -0.575. The summed E-state index contributed by atoms with van der Waals surface area (Å²) in [5, 5.41) is 4.51. The minimum absolute atomic E-state index is 0.267. The summed E-state index contributed by atoms with van der Waals surface area (Å²) in [5.41, 5.74) is 2.25. The molecule has 0 spiro atoms. The topological polar surface area (TPSA) is 91.6 Å². The largest absolute Gasteiger partial charge is 0.497 e. The van der Waals surface area contributed by atoms with Crippen molar-refractivity contribution in [3.63, 3.8) is 0 Å². The molecule has 0 aliphatic carbocycles. The number of hydrogen-bond donors (Lipinski definition) is 1. The summed E-state index contributed by atoms with van der Waals surface area (Å²) >= 11 is 1.24. The standard InChI is InChI=1S/C24H23N3O5S/c1-14-7-15(2)9-17(8-14)27-23(29)22-20(5-6-33-22)26(24(27)30)13-21(28)25-16-10-18(31-3)12-19(11-16)32-4/h5-12H,13H2,1-4H3,(H,25,28). The molecular weight excluding hydrogens is 442 g/mol. The van der Waals surface area contributed by atoms with E-state index in [1.54, 1.807) is 41.8 Å². The summed E-state index contributed by atoms with van der Waals surface area (Å²) in [5.74, 6) is 0.612. The number of ether oxygens (including phenoxy) is 2. The highest BCUT2D eigenvalue weighted by molar-refractivity contribution is 7.17. The first-order chi connectivity index (χ1) is 15.8. The van der Waals surface area contributed by atoms with Crippen molar-refractivity contribution in [3.05, 3.63) is 79.8 Å². The third-order valence-corrected chi connectivity index (χ3v) is 6.05. The van der Waals surface area contributed by atoms with Crippen LogP contribution < -0.4 is 26.0 Å². The summed E-state index contributed by atoms with van der Waals surface area (Å²) in [6.45, 7) is 3.54. The van der Waals surface area contributed by atoms with Gasteiger partial charge in [0.25, 0.3) is 5.56 Å². The molecule has 33 heavy (non-hydrogen) atoms.